The smallest absolute Gasteiger partial charge is 0.228 e. The van der Waals surface area contributed by atoms with E-state index in [1.54, 1.807) is 0 Å². The summed E-state index contributed by atoms with van der Waals surface area (Å²) in [5.41, 5.74) is -2.00. The number of fused-ring (bicyclic) bond motifs is 3. The molecule has 2 aliphatic heterocycles. The fourth-order valence-electron chi connectivity index (χ4n) is 6.28. The third-order valence-corrected chi connectivity index (χ3v) is 8.10. The Morgan fingerprint density at radius 3 is 1.95 bits per heavy atom. The van der Waals surface area contributed by atoms with Gasteiger partial charge in [0.05, 0.1) is 23.2 Å². The van der Waals surface area contributed by atoms with Gasteiger partial charge in [-0.3, -0.25) is 4.79 Å². The van der Waals surface area contributed by atoms with Gasteiger partial charge in [-0.2, -0.15) is 0 Å². The number of ketones is 1. The maximum Gasteiger partial charge on any atom is 0.228 e. The summed E-state index contributed by atoms with van der Waals surface area (Å²) in [6.07, 6.45) is -2.80. The van der Waals surface area contributed by atoms with Crippen LogP contribution in [0.3, 0.4) is 0 Å². The Morgan fingerprint density at radius 1 is 0.732 bits per heavy atom. The molecule has 5 atom stereocenters. The van der Waals surface area contributed by atoms with E-state index in [-0.39, 0.29) is 70.5 Å². The first kappa shape index (κ1) is 26.4. The van der Waals surface area contributed by atoms with Gasteiger partial charge in [0, 0.05) is 48.2 Å². The first-order valence-electron chi connectivity index (χ1n) is 12.7. The molecule has 2 aromatic rings. The van der Waals surface area contributed by atoms with Crippen molar-refractivity contribution in [1.82, 2.24) is 0 Å². The first-order chi connectivity index (χ1) is 19.4. The molecule has 12 nitrogen and oxygen atoms in total. The number of phenols is 4. The van der Waals surface area contributed by atoms with E-state index in [0.717, 1.165) is 18.2 Å². The van der Waals surface area contributed by atoms with E-state index in [4.69, 9.17) is 9.47 Å². The molecule has 2 aliphatic carbocycles. The van der Waals surface area contributed by atoms with E-state index in [2.05, 4.69) is 0 Å². The number of aromatic hydroxyl groups is 4. The van der Waals surface area contributed by atoms with Crippen LogP contribution in [0.2, 0.25) is 0 Å². The van der Waals surface area contributed by atoms with E-state index in [1.165, 1.54) is 24.3 Å². The Bertz CT molecular complexity index is 1620. The number of carbonyl (C=O) groups excluding carboxylic acids is 1. The van der Waals surface area contributed by atoms with E-state index >= 15 is 0 Å². The monoisotopic (exact) mass is 566 g/mol. The van der Waals surface area contributed by atoms with E-state index in [9.17, 15) is 50.8 Å². The molecule has 0 radical (unpaired) electrons. The van der Waals surface area contributed by atoms with Crippen LogP contribution < -0.4 is 9.47 Å². The largest absolute Gasteiger partial charge is 0.508 e. The van der Waals surface area contributed by atoms with Crippen molar-refractivity contribution in [2.75, 3.05) is 0 Å². The molecule has 0 amide bonds. The second-order valence-corrected chi connectivity index (χ2v) is 10.5. The maximum atomic E-state index is 13.5. The number of rotatable bonds is 2. The Morgan fingerprint density at radius 2 is 1.32 bits per heavy atom. The maximum absolute atomic E-state index is 13.5. The van der Waals surface area contributed by atoms with Gasteiger partial charge in [-0.25, -0.2) is 0 Å². The molecule has 0 bridgehead atoms. The zero-order valence-electron chi connectivity index (χ0n) is 21.2. The Kier molecular flexibility index (Phi) is 5.87. The first-order valence-corrected chi connectivity index (χ1v) is 12.7. The van der Waals surface area contributed by atoms with E-state index < -0.39 is 58.5 Å². The second-order valence-electron chi connectivity index (χ2n) is 10.5. The number of carbonyl (C=O) groups is 1. The van der Waals surface area contributed by atoms with Crippen LogP contribution in [-0.2, 0) is 17.6 Å². The number of phenolic OH excluding ortho intramolecular Hbond substituents is 4. The van der Waals surface area contributed by atoms with Gasteiger partial charge in [-0.15, -0.1) is 0 Å². The average molecular weight is 567 g/mol. The average Bonchev–Trinajstić information content (AvgIpc) is 3.01. The molecule has 0 aromatic heterocycles. The molecule has 214 valence electrons. The minimum absolute atomic E-state index is 0.0203. The van der Waals surface area contributed by atoms with Crippen molar-refractivity contribution in [3.05, 3.63) is 82.0 Å². The number of allylic oxidation sites excluding steroid dienone is 4. The van der Waals surface area contributed by atoms with Gasteiger partial charge < -0.3 is 55.4 Å². The Balaban J connectivity index is 1.58. The Labute approximate surface area is 231 Å². The van der Waals surface area contributed by atoms with Gasteiger partial charge in [0.1, 0.15) is 46.7 Å². The molecular formula is C29H26O12. The van der Waals surface area contributed by atoms with Crippen LogP contribution in [0.4, 0.5) is 0 Å². The third kappa shape index (κ3) is 3.86. The van der Waals surface area contributed by atoms with Gasteiger partial charge in [0.2, 0.25) is 5.78 Å². The highest BCUT2D eigenvalue weighted by molar-refractivity contribution is 6.09. The molecule has 2 heterocycles. The lowest BCUT2D eigenvalue weighted by molar-refractivity contribution is -0.118. The normalized spacial score (nSPS) is 29.0. The fraction of sp³-hybridized carbons (Fsp3) is 0.276. The minimum atomic E-state index is -1.89. The summed E-state index contributed by atoms with van der Waals surface area (Å²) in [5, 5.41) is 95.6. The van der Waals surface area contributed by atoms with Gasteiger partial charge in [-0.1, -0.05) is 6.08 Å². The van der Waals surface area contributed by atoms with Crippen molar-refractivity contribution in [2.24, 2.45) is 5.41 Å². The van der Waals surface area contributed by atoms with Crippen molar-refractivity contribution < 1.29 is 60.2 Å². The van der Waals surface area contributed by atoms with E-state index in [0.29, 0.717) is 0 Å². The molecule has 12 heteroatoms. The summed E-state index contributed by atoms with van der Waals surface area (Å²) in [5.74, 6) is -4.79. The van der Waals surface area contributed by atoms with Gasteiger partial charge in [-0.05, 0) is 24.1 Å². The minimum Gasteiger partial charge on any atom is -0.508 e. The molecule has 0 spiro atoms. The van der Waals surface area contributed by atoms with Gasteiger partial charge >= 0.3 is 0 Å². The quantitative estimate of drug-likeness (QED) is 0.255. The van der Waals surface area contributed by atoms with Crippen LogP contribution in [0.15, 0.2) is 70.9 Å². The number of ether oxygens (including phenoxy) is 2. The summed E-state index contributed by atoms with van der Waals surface area (Å²) >= 11 is 0. The van der Waals surface area contributed by atoms with E-state index in [1.807, 2.05) is 0 Å². The predicted octanol–water partition coefficient (Wildman–Crippen LogP) is 2.13. The number of benzene rings is 2. The molecule has 0 saturated carbocycles. The van der Waals surface area contributed by atoms with Crippen molar-refractivity contribution >= 4 is 5.78 Å². The summed E-state index contributed by atoms with van der Waals surface area (Å²) in [7, 11) is 0. The number of aliphatic hydroxyl groups is 5. The van der Waals surface area contributed by atoms with Crippen LogP contribution in [0.1, 0.15) is 17.5 Å². The third-order valence-electron chi connectivity index (χ3n) is 8.10. The van der Waals surface area contributed by atoms with Crippen molar-refractivity contribution in [2.45, 2.75) is 43.7 Å². The van der Waals surface area contributed by atoms with Crippen molar-refractivity contribution in [3.8, 4) is 34.5 Å². The lowest BCUT2D eigenvalue weighted by Gasteiger charge is -2.50. The molecule has 4 aliphatic rings. The van der Waals surface area contributed by atoms with Gasteiger partial charge in [0.25, 0.3) is 0 Å². The molecule has 41 heavy (non-hydrogen) atoms. The summed E-state index contributed by atoms with van der Waals surface area (Å²) < 4.78 is 12.2. The fourth-order valence-corrected chi connectivity index (χ4v) is 6.28. The zero-order chi connectivity index (χ0) is 29.4. The highest BCUT2D eigenvalue weighted by atomic mass is 16.5. The van der Waals surface area contributed by atoms with Crippen molar-refractivity contribution in [3.63, 3.8) is 0 Å². The van der Waals surface area contributed by atoms with Crippen LogP contribution in [0.5, 0.6) is 34.5 Å². The molecule has 0 fully saturated rings. The molecule has 0 saturated heterocycles. The molecule has 9 N–H and O–H groups in total. The number of Topliss-reactive ketones (excluding diaryl/α,β-unsaturated/α-hetero) is 1. The predicted molar refractivity (Wildman–Crippen MR) is 139 cm³/mol. The lowest BCUT2D eigenvalue weighted by Crippen LogP contribution is -2.57. The number of hydrogen-bond donors (Lipinski definition) is 9. The van der Waals surface area contributed by atoms with Crippen LogP contribution >= 0.6 is 0 Å². The standard InChI is InChI=1S/C29H26O12/c30-11-5-18(34)13-9-20(36)27(40-22(13)7-11)15-1-2-16(32)25(38)24-26(39)17(33)3-4-29(15,24)28-21(37)10-14-19(35)6-12(31)8-23(14)41-28/h1-3,5-8,20-21,27-28,30-37,39H,4,9-10H2/t20-,21-,27-,28?,29+/m1/s1. The topological polar surface area (TPSA) is 218 Å². The summed E-state index contributed by atoms with van der Waals surface area (Å²) in [6.45, 7) is 0. The lowest BCUT2D eigenvalue weighted by atomic mass is 9.60. The molecule has 1 unspecified atom stereocenters. The number of hydrogen-bond acceptors (Lipinski definition) is 12. The molecule has 2 aromatic carbocycles. The molecule has 6 rings (SSSR count). The van der Waals surface area contributed by atoms with Crippen LogP contribution in [-0.4, -0.2) is 76.2 Å². The zero-order valence-corrected chi connectivity index (χ0v) is 21.2. The van der Waals surface area contributed by atoms with Crippen molar-refractivity contribution in [1.29, 1.82) is 0 Å². The number of aliphatic hydroxyl groups excluding tert-OH is 5. The van der Waals surface area contributed by atoms with Gasteiger partial charge in [0.15, 0.2) is 17.3 Å². The summed E-state index contributed by atoms with van der Waals surface area (Å²) in [4.78, 5) is 13.5. The Hall–Kier alpha value is -4.81. The van der Waals surface area contributed by atoms with Crippen LogP contribution in [0.25, 0.3) is 0 Å². The summed E-state index contributed by atoms with van der Waals surface area (Å²) in [6, 6.07) is 4.59. The van der Waals surface area contributed by atoms with Crippen LogP contribution in [0, 0.1) is 5.41 Å². The SMILES string of the molecule is O=C1C(O)=CC=C([C@H]2Oc3cc(O)cc(O)c3C[C@H]2O)[C@@]2(C3Oc4cc(O)cc(O)c4C[C@H]3O)CC=C(O)C(O)=C12. The second kappa shape index (κ2) is 9.11. The highest BCUT2D eigenvalue weighted by Crippen LogP contribution is 2.56. The highest BCUT2D eigenvalue weighted by Gasteiger charge is 2.59. The molecular weight excluding hydrogens is 540 g/mol.